The van der Waals surface area contributed by atoms with Crippen molar-refractivity contribution in [3.8, 4) is 11.8 Å². The maximum Gasteiger partial charge on any atom is 0.152 e. The molecule has 0 amide bonds. The fourth-order valence-corrected chi connectivity index (χ4v) is 1.04. The zero-order valence-electron chi connectivity index (χ0n) is 6.31. The van der Waals surface area contributed by atoms with Crippen LogP contribution in [-0.2, 0) is 6.42 Å². The molecule has 0 saturated carbocycles. The van der Waals surface area contributed by atoms with Crippen LogP contribution in [0.15, 0.2) is 6.07 Å². The van der Waals surface area contributed by atoms with E-state index in [1.807, 2.05) is 0 Å². The first-order valence-electron chi connectivity index (χ1n) is 3.30. The van der Waals surface area contributed by atoms with Crippen molar-refractivity contribution in [3.05, 3.63) is 28.3 Å². The number of phenolic OH excluding ortho intramolecular Hbond substituents is 1. The molecule has 5 heteroatoms. The molecule has 0 atom stereocenters. The summed E-state index contributed by atoms with van der Waals surface area (Å²) in [6.07, 6.45) is -0.350. The van der Waals surface area contributed by atoms with Crippen LogP contribution in [0.3, 0.4) is 0 Å². The van der Waals surface area contributed by atoms with Crippen molar-refractivity contribution in [1.82, 2.24) is 0 Å². The second-order valence-corrected chi connectivity index (χ2v) is 2.70. The molecule has 0 saturated heterocycles. The maximum absolute atomic E-state index is 13.0. The molecule has 1 N–H and O–H groups in total. The Morgan fingerprint density at radius 1 is 1.54 bits per heavy atom. The number of phenols is 1. The number of nitriles is 1. The Hall–Kier alpha value is -1.34. The van der Waals surface area contributed by atoms with Gasteiger partial charge in [0, 0.05) is 11.6 Å². The van der Waals surface area contributed by atoms with Gasteiger partial charge in [-0.15, -0.1) is 0 Å². The Kier molecular flexibility index (Phi) is 2.69. The first-order valence-corrected chi connectivity index (χ1v) is 3.68. The molecule has 0 unspecified atom stereocenters. The van der Waals surface area contributed by atoms with Crippen molar-refractivity contribution < 1.29 is 13.9 Å². The monoisotopic (exact) mass is 203 g/mol. The third-order valence-electron chi connectivity index (χ3n) is 1.50. The van der Waals surface area contributed by atoms with Crippen LogP contribution >= 0.6 is 11.6 Å². The second-order valence-electron chi connectivity index (χ2n) is 2.32. The number of halogens is 3. The molecular formula is C8H4ClF2NO. The number of hydrogen-bond acceptors (Lipinski definition) is 2. The summed E-state index contributed by atoms with van der Waals surface area (Å²) in [5.41, 5.74) is -0.283. The van der Waals surface area contributed by atoms with Gasteiger partial charge in [-0.05, 0) is 0 Å². The third kappa shape index (κ3) is 1.70. The van der Waals surface area contributed by atoms with Crippen LogP contribution in [0.4, 0.5) is 8.78 Å². The van der Waals surface area contributed by atoms with Gasteiger partial charge in [0.25, 0.3) is 0 Å². The van der Waals surface area contributed by atoms with Gasteiger partial charge in [-0.1, -0.05) is 11.6 Å². The number of aromatic hydroxyl groups is 1. The topological polar surface area (TPSA) is 44.0 Å². The number of rotatable bonds is 1. The molecule has 0 fully saturated rings. The lowest BCUT2D eigenvalue weighted by molar-refractivity contribution is 0.452. The minimum Gasteiger partial charge on any atom is -0.507 e. The second kappa shape index (κ2) is 3.58. The number of benzene rings is 1. The Balaban J connectivity index is 3.36. The first kappa shape index (κ1) is 9.75. The van der Waals surface area contributed by atoms with Gasteiger partial charge in [0.15, 0.2) is 5.82 Å². The van der Waals surface area contributed by atoms with E-state index >= 15 is 0 Å². The van der Waals surface area contributed by atoms with Crippen molar-refractivity contribution in [2.75, 3.05) is 0 Å². The van der Waals surface area contributed by atoms with E-state index in [4.69, 9.17) is 22.0 Å². The number of hydrogen-bond donors (Lipinski definition) is 1. The van der Waals surface area contributed by atoms with Gasteiger partial charge < -0.3 is 5.11 Å². The average Bonchev–Trinajstić information content (AvgIpc) is 2.09. The van der Waals surface area contributed by atoms with E-state index in [1.165, 1.54) is 0 Å². The van der Waals surface area contributed by atoms with Crippen molar-refractivity contribution in [2.45, 2.75) is 6.42 Å². The molecule has 68 valence electrons. The summed E-state index contributed by atoms with van der Waals surface area (Å²) >= 11 is 5.22. The summed E-state index contributed by atoms with van der Waals surface area (Å²) in [5.74, 6) is -2.72. The van der Waals surface area contributed by atoms with E-state index in [1.54, 1.807) is 6.07 Å². The Labute approximate surface area is 78.0 Å². The molecule has 1 aromatic rings. The molecular weight excluding hydrogens is 200 g/mol. The van der Waals surface area contributed by atoms with Crippen molar-refractivity contribution in [3.63, 3.8) is 0 Å². The summed E-state index contributed by atoms with van der Waals surface area (Å²) in [4.78, 5) is 0. The van der Waals surface area contributed by atoms with E-state index in [0.29, 0.717) is 6.07 Å². The predicted octanol–water partition coefficient (Wildman–Crippen LogP) is 2.39. The zero-order chi connectivity index (χ0) is 10.0. The van der Waals surface area contributed by atoms with Crippen molar-refractivity contribution in [2.24, 2.45) is 0 Å². The first-order chi connectivity index (χ1) is 6.07. The highest BCUT2D eigenvalue weighted by Gasteiger charge is 2.16. The molecule has 0 aromatic heterocycles. The van der Waals surface area contributed by atoms with E-state index in [0.717, 1.165) is 0 Å². The highest BCUT2D eigenvalue weighted by molar-refractivity contribution is 6.31. The molecule has 13 heavy (non-hydrogen) atoms. The zero-order valence-corrected chi connectivity index (χ0v) is 7.07. The molecule has 0 aliphatic heterocycles. The molecule has 0 heterocycles. The lowest BCUT2D eigenvalue weighted by Crippen LogP contribution is -1.93. The molecule has 1 rings (SSSR count). The SMILES string of the molecule is N#CCc1c(O)cc(F)c(Cl)c1F. The van der Waals surface area contributed by atoms with Crippen molar-refractivity contribution in [1.29, 1.82) is 5.26 Å². The fraction of sp³-hybridized carbons (Fsp3) is 0.125. The lowest BCUT2D eigenvalue weighted by Gasteiger charge is -2.04. The summed E-state index contributed by atoms with van der Waals surface area (Å²) in [5, 5.41) is 16.6. The largest absolute Gasteiger partial charge is 0.507 e. The standard InChI is InChI=1S/C8H4ClF2NO/c9-7-5(10)3-6(13)4(1-2-12)8(7)11/h3,13H,1H2. The highest BCUT2D eigenvalue weighted by Crippen LogP contribution is 2.29. The van der Waals surface area contributed by atoms with Crippen LogP contribution in [0.25, 0.3) is 0 Å². The average molecular weight is 204 g/mol. The summed E-state index contributed by atoms with van der Waals surface area (Å²) in [6.45, 7) is 0. The molecule has 2 nitrogen and oxygen atoms in total. The minimum atomic E-state index is -1.08. The summed E-state index contributed by atoms with van der Waals surface area (Å²) in [6, 6.07) is 2.31. The van der Waals surface area contributed by atoms with Gasteiger partial charge in [0.05, 0.1) is 12.5 Å². The smallest absolute Gasteiger partial charge is 0.152 e. The Morgan fingerprint density at radius 2 is 2.15 bits per heavy atom. The lowest BCUT2D eigenvalue weighted by atomic mass is 10.1. The predicted molar refractivity (Wildman–Crippen MR) is 42.3 cm³/mol. The minimum absolute atomic E-state index is 0.283. The van der Waals surface area contributed by atoms with Gasteiger partial charge in [-0.3, -0.25) is 0 Å². The summed E-state index contributed by atoms with van der Waals surface area (Å²) in [7, 11) is 0. The fourth-order valence-electron chi connectivity index (χ4n) is 0.867. The quantitative estimate of drug-likeness (QED) is 0.713. The normalized spacial score (nSPS) is 9.69. The van der Waals surface area contributed by atoms with Gasteiger partial charge in [0.1, 0.15) is 16.6 Å². The van der Waals surface area contributed by atoms with E-state index < -0.39 is 22.4 Å². The molecule has 0 aliphatic carbocycles. The maximum atomic E-state index is 13.0. The van der Waals surface area contributed by atoms with Crippen LogP contribution < -0.4 is 0 Å². The molecule has 1 aromatic carbocycles. The summed E-state index contributed by atoms with van der Waals surface area (Å²) < 4.78 is 25.7. The number of nitrogens with zero attached hydrogens (tertiary/aromatic N) is 1. The van der Waals surface area contributed by atoms with Gasteiger partial charge in [-0.2, -0.15) is 5.26 Å². The Bertz CT molecular complexity index is 387. The molecule has 0 spiro atoms. The highest BCUT2D eigenvalue weighted by atomic mass is 35.5. The van der Waals surface area contributed by atoms with E-state index in [2.05, 4.69) is 0 Å². The van der Waals surface area contributed by atoms with Gasteiger partial charge in [0.2, 0.25) is 0 Å². The van der Waals surface area contributed by atoms with Crippen molar-refractivity contribution >= 4 is 11.6 Å². The van der Waals surface area contributed by atoms with Crippen LogP contribution in [0.2, 0.25) is 5.02 Å². The Morgan fingerprint density at radius 3 is 2.69 bits per heavy atom. The molecule has 0 radical (unpaired) electrons. The van der Waals surface area contributed by atoms with Crippen LogP contribution in [0, 0.1) is 23.0 Å². The van der Waals surface area contributed by atoms with Gasteiger partial charge >= 0.3 is 0 Å². The molecule has 0 bridgehead atoms. The van der Waals surface area contributed by atoms with Gasteiger partial charge in [-0.25, -0.2) is 8.78 Å². The molecule has 0 aliphatic rings. The van der Waals surface area contributed by atoms with E-state index in [9.17, 15) is 8.78 Å². The van der Waals surface area contributed by atoms with Crippen LogP contribution in [-0.4, -0.2) is 5.11 Å². The third-order valence-corrected chi connectivity index (χ3v) is 1.84. The van der Waals surface area contributed by atoms with Crippen LogP contribution in [0.5, 0.6) is 5.75 Å². The van der Waals surface area contributed by atoms with E-state index in [-0.39, 0.29) is 12.0 Å². The van der Waals surface area contributed by atoms with Crippen LogP contribution in [0.1, 0.15) is 5.56 Å².